The Morgan fingerprint density at radius 1 is 0.579 bits per heavy atom. The molecule has 118 valence electrons. The monoisotopic (exact) mass is 291 g/mol. The number of quaternary nitrogens is 1. The van der Waals surface area contributed by atoms with E-state index in [9.17, 15) is 0 Å². The second kappa shape index (κ2) is 14.7. The van der Waals surface area contributed by atoms with Gasteiger partial charge in [-0.05, 0) is 19.8 Å². The number of unbranched alkanes of at least 4 members (excludes halogenated alkanes) is 10. The quantitative estimate of drug-likeness (QED) is 0.361. The minimum Gasteiger partial charge on any atom is -1.00 e. The molecule has 0 aromatic carbocycles. The van der Waals surface area contributed by atoms with E-state index in [1.165, 1.54) is 88.2 Å². The van der Waals surface area contributed by atoms with E-state index in [0.29, 0.717) is 0 Å². The number of nitrogens with zero attached hydrogens (tertiary/aromatic N) is 1. The van der Waals surface area contributed by atoms with Gasteiger partial charge in [0.25, 0.3) is 0 Å². The fourth-order valence-electron chi connectivity index (χ4n) is 2.36. The van der Waals surface area contributed by atoms with Crippen molar-refractivity contribution in [2.24, 2.45) is 0 Å². The van der Waals surface area contributed by atoms with Gasteiger partial charge in [-0.1, -0.05) is 64.7 Å². The maximum atomic E-state index is 2.34. The minimum absolute atomic E-state index is 0. The van der Waals surface area contributed by atoms with Gasteiger partial charge < -0.3 is 16.9 Å². The third-order valence-electron chi connectivity index (χ3n) is 4.22. The van der Waals surface area contributed by atoms with Gasteiger partial charge in [0.2, 0.25) is 0 Å². The van der Waals surface area contributed by atoms with Gasteiger partial charge in [0.15, 0.2) is 0 Å². The van der Waals surface area contributed by atoms with Gasteiger partial charge in [-0.2, -0.15) is 0 Å². The normalized spacial score (nSPS) is 11.4. The highest BCUT2D eigenvalue weighted by Gasteiger charge is 2.09. The first-order valence-corrected chi connectivity index (χ1v) is 8.44. The van der Waals surface area contributed by atoms with Crippen molar-refractivity contribution in [1.29, 1.82) is 0 Å². The van der Waals surface area contributed by atoms with Crippen molar-refractivity contribution < 1.29 is 16.9 Å². The average Bonchev–Trinajstić information content (AvgIpc) is 2.36. The summed E-state index contributed by atoms with van der Waals surface area (Å²) >= 11 is 0. The van der Waals surface area contributed by atoms with E-state index in [4.69, 9.17) is 0 Å². The minimum atomic E-state index is 0. The largest absolute Gasteiger partial charge is 1.00 e. The summed E-state index contributed by atoms with van der Waals surface area (Å²) in [6.45, 7) is 7.20. The molecule has 0 aliphatic rings. The molecule has 1 nitrogen and oxygen atoms in total. The first kappa shape index (κ1) is 21.5. The molecule has 0 amide bonds. The van der Waals surface area contributed by atoms with Gasteiger partial charge in [0.05, 0.1) is 27.2 Å². The number of hydrogen-bond acceptors (Lipinski definition) is 0. The van der Waals surface area contributed by atoms with E-state index in [1.807, 2.05) is 0 Å². The lowest BCUT2D eigenvalue weighted by molar-refractivity contribution is -0.888. The summed E-state index contributed by atoms with van der Waals surface area (Å²) in [5.41, 5.74) is 0. The average molecular weight is 292 g/mol. The van der Waals surface area contributed by atoms with Crippen LogP contribution in [0.15, 0.2) is 0 Å². The zero-order valence-electron chi connectivity index (χ0n) is 14.0. The molecule has 0 bridgehead atoms. The molecule has 0 saturated carbocycles. The summed E-state index contributed by atoms with van der Waals surface area (Å²) in [5.74, 6) is 0. The van der Waals surface area contributed by atoms with Gasteiger partial charge in [0.1, 0.15) is 0 Å². The van der Waals surface area contributed by atoms with Crippen molar-refractivity contribution in [3.8, 4) is 0 Å². The Balaban J connectivity index is 0. The lowest BCUT2D eigenvalue weighted by Crippen LogP contribution is -3.00. The van der Waals surface area contributed by atoms with Crippen LogP contribution in [0.2, 0.25) is 0 Å². The van der Waals surface area contributed by atoms with E-state index >= 15 is 0 Å². The summed E-state index contributed by atoms with van der Waals surface area (Å²) < 4.78 is 1.19. The summed E-state index contributed by atoms with van der Waals surface area (Å²) in [7, 11) is 4.69. The van der Waals surface area contributed by atoms with Crippen molar-refractivity contribution in [3.63, 3.8) is 0 Å². The topological polar surface area (TPSA) is 0 Å². The van der Waals surface area contributed by atoms with Gasteiger partial charge in [-0.15, -0.1) is 0 Å². The van der Waals surface area contributed by atoms with E-state index in [2.05, 4.69) is 27.9 Å². The number of halogens is 1. The zero-order chi connectivity index (χ0) is 13.7. The van der Waals surface area contributed by atoms with E-state index in [-0.39, 0.29) is 12.4 Å². The molecule has 0 fully saturated rings. The van der Waals surface area contributed by atoms with E-state index < -0.39 is 0 Å². The Hall–Kier alpha value is 0.250. The van der Waals surface area contributed by atoms with Crippen LogP contribution in [0.5, 0.6) is 0 Å². The highest BCUT2D eigenvalue weighted by molar-refractivity contribution is 4.48. The maximum Gasteiger partial charge on any atom is 0.0782 e. The summed E-state index contributed by atoms with van der Waals surface area (Å²) in [5, 5.41) is 0. The third-order valence-corrected chi connectivity index (χ3v) is 4.22. The third kappa shape index (κ3) is 16.2. The van der Waals surface area contributed by atoms with Crippen molar-refractivity contribution in [3.05, 3.63) is 0 Å². The Labute approximate surface area is 129 Å². The first-order chi connectivity index (χ1) is 8.62. The fraction of sp³-hybridized carbons (Fsp3) is 1.00. The fourth-order valence-corrected chi connectivity index (χ4v) is 2.36. The summed E-state index contributed by atoms with van der Waals surface area (Å²) in [6, 6.07) is 0. The maximum absolute atomic E-state index is 2.34. The first-order valence-electron chi connectivity index (χ1n) is 8.44. The van der Waals surface area contributed by atoms with Crippen LogP contribution < -0.4 is 12.4 Å². The molecule has 0 unspecified atom stereocenters. The molecule has 0 atom stereocenters. The standard InChI is InChI=1S/C17H38N.ClH/c1-5-7-8-9-10-11-12-13-14-15-16-17-18(3,4)6-2;/h5-17H2,1-4H3;1H/q+1;/p-1. The highest BCUT2D eigenvalue weighted by Crippen LogP contribution is 2.12. The van der Waals surface area contributed by atoms with Crippen LogP contribution in [-0.4, -0.2) is 31.7 Å². The van der Waals surface area contributed by atoms with Crippen LogP contribution in [0.4, 0.5) is 0 Å². The molecule has 0 heterocycles. The molecule has 2 heteroatoms. The molecule has 0 radical (unpaired) electrons. The molecule has 0 rings (SSSR count). The van der Waals surface area contributed by atoms with E-state index in [1.54, 1.807) is 0 Å². The summed E-state index contributed by atoms with van der Waals surface area (Å²) in [4.78, 5) is 0. The lowest BCUT2D eigenvalue weighted by atomic mass is 10.1. The number of hydrogen-bond donors (Lipinski definition) is 0. The molecule has 19 heavy (non-hydrogen) atoms. The zero-order valence-corrected chi connectivity index (χ0v) is 14.8. The molecule has 0 N–H and O–H groups in total. The van der Waals surface area contributed by atoms with Gasteiger partial charge in [-0.3, -0.25) is 0 Å². The van der Waals surface area contributed by atoms with Crippen LogP contribution in [0, 0.1) is 0 Å². The summed E-state index contributed by atoms with van der Waals surface area (Å²) in [6.07, 6.45) is 15.9. The predicted octanol–water partition coefficient (Wildman–Crippen LogP) is 2.40. The van der Waals surface area contributed by atoms with Crippen molar-refractivity contribution in [2.75, 3.05) is 27.2 Å². The predicted molar refractivity (Wildman–Crippen MR) is 84.0 cm³/mol. The second-order valence-electron chi connectivity index (χ2n) is 6.51. The van der Waals surface area contributed by atoms with Gasteiger partial charge >= 0.3 is 0 Å². The molecule has 0 aliphatic carbocycles. The Morgan fingerprint density at radius 2 is 0.947 bits per heavy atom. The molecule has 0 aromatic rings. The van der Waals surface area contributed by atoms with Crippen molar-refractivity contribution in [2.45, 2.75) is 84.5 Å². The van der Waals surface area contributed by atoms with Crippen molar-refractivity contribution >= 4 is 0 Å². The Bertz CT molecular complexity index is 169. The smallest absolute Gasteiger partial charge is 0.0782 e. The molecular formula is C17H38ClN. The van der Waals surface area contributed by atoms with Crippen LogP contribution in [0.3, 0.4) is 0 Å². The highest BCUT2D eigenvalue weighted by atomic mass is 35.5. The van der Waals surface area contributed by atoms with Crippen molar-refractivity contribution in [1.82, 2.24) is 0 Å². The second-order valence-corrected chi connectivity index (χ2v) is 6.51. The van der Waals surface area contributed by atoms with Crippen LogP contribution >= 0.6 is 0 Å². The molecule has 0 spiro atoms. The van der Waals surface area contributed by atoms with Gasteiger partial charge in [0, 0.05) is 0 Å². The van der Waals surface area contributed by atoms with Crippen LogP contribution in [-0.2, 0) is 0 Å². The van der Waals surface area contributed by atoms with Crippen LogP contribution in [0.1, 0.15) is 84.5 Å². The molecule has 0 saturated heterocycles. The molecular weight excluding hydrogens is 254 g/mol. The van der Waals surface area contributed by atoms with Gasteiger partial charge in [-0.25, -0.2) is 0 Å². The van der Waals surface area contributed by atoms with E-state index in [0.717, 1.165) is 0 Å². The van der Waals surface area contributed by atoms with Crippen LogP contribution in [0.25, 0.3) is 0 Å². The Morgan fingerprint density at radius 3 is 1.32 bits per heavy atom. The Kier molecular flexibility index (Phi) is 16.6. The SMILES string of the molecule is CCCCCCCCCCCCC[N+](C)(C)CC.[Cl-]. The number of rotatable bonds is 13. The molecule has 0 aromatic heterocycles. The lowest BCUT2D eigenvalue weighted by Gasteiger charge is -2.28. The molecule has 0 aliphatic heterocycles.